The monoisotopic (exact) mass is 612 g/mol. The van der Waals surface area contributed by atoms with E-state index >= 15 is 0 Å². The van der Waals surface area contributed by atoms with Gasteiger partial charge < -0.3 is 14.4 Å². The number of aromatic amines is 1. The Bertz CT molecular complexity index is 2170. The molecule has 2 aromatic heterocycles. The van der Waals surface area contributed by atoms with Crippen molar-refractivity contribution in [1.29, 1.82) is 0 Å². The maximum absolute atomic E-state index is 14.3. The molecular weight excluding hydrogens is 585 g/mol. The van der Waals surface area contributed by atoms with Crippen LogP contribution in [0.3, 0.4) is 0 Å². The largest absolute Gasteiger partial charge is 0.497 e. The number of para-hydroxylation sites is 1. The highest BCUT2D eigenvalue weighted by atomic mass is 32.2. The summed E-state index contributed by atoms with van der Waals surface area (Å²) in [5, 5.41) is 4.30. The van der Waals surface area contributed by atoms with Crippen LogP contribution in [0.25, 0.3) is 16.8 Å². The molecule has 0 fully saturated rings. The molecule has 3 aromatic carbocycles. The zero-order valence-electron chi connectivity index (χ0n) is 23.7. The summed E-state index contributed by atoms with van der Waals surface area (Å²) in [5.74, 6) is 0.123. The topological polar surface area (TPSA) is 98.6 Å². The lowest BCUT2D eigenvalue weighted by Crippen LogP contribution is -2.32. The predicted molar refractivity (Wildman–Crippen MR) is 169 cm³/mol. The lowest BCUT2D eigenvalue weighted by Gasteiger charge is -2.13. The molecule has 218 valence electrons. The number of aromatic nitrogens is 3. The van der Waals surface area contributed by atoms with Gasteiger partial charge in [-0.2, -0.15) is 0 Å². The van der Waals surface area contributed by atoms with E-state index in [1.54, 1.807) is 30.7 Å². The Morgan fingerprint density at radius 3 is 2.40 bits per heavy atom. The number of carbonyl (C=O) groups excluding carboxylic acids is 1. The number of H-pyrrole nitrogens is 1. The van der Waals surface area contributed by atoms with Crippen LogP contribution in [0.5, 0.6) is 5.75 Å². The summed E-state index contributed by atoms with van der Waals surface area (Å²) in [5.41, 5.74) is 1.80. The van der Waals surface area contributed by atoms with Gasteiger partial charge in [0.1, 0.15) is 25.2 Å². The van der Waals surface area contributed by atoms with Gasteiger partial charge in [0.15, 0.2) is 0 Å². The number of ether oxygens (including phenoxy) is 2. The van der Waals surface area contributed by atoms with Crippen LogP contribution < -0.4 is 30.6 Å². The van der Waals surface area contributed by atoms with Gasteiger partial charge in [-0.15, -0.1) is 11.3 Å². The smallest absolute Gasteiger partial charge is 0.332 e. The summed E-state index contributed by atoms with van der Waals surface area (Å²) in [6, 6.07) is 24.5. The maximum atomic E-state index is 14.3. The molecule has 0 aliphatic carbocycles. The van der Waals surface area contributed by atoms with E-state index in [0.29, 0.717) is 20.6 Å². The number of hydrogen-bond donors (Lipinski definition) is 1. The minimum Gasteiger partial charge on any atom is -0.497 e. The fourth-order valence-electron chi connectivity index (χ4n) is 4.92. The zero-order valence-corrected chi connectivity index (χ0v) is 25.3. The van der Waals surface area contributed by atoms with Crippen molar-refractivity contribution in [3.63, 3.8) is 0 Å². The van der Waals surface area contributed by atoms with Gasteiger partial charge in [0.2, 0.25) is 0 Å². The first-order chi connectivity index (χ1) is 20.9. The van der Waals surface area contributed by atoms with Crippen LogP contribution in [0.1, 0.15) is 12.5 Å². The molecule has 6 rings (SSSR count). The summed E-state index contributed by atoms with van der Waals surface area (Å²) in [6.45, 7) is 2.14. The molecule has 1 aliphatic heterocycles. The highest BCUT2D eigenvalue weighted by molar-refractivity contribution is 8.08. The number of carbonyl (C=O) groups is 1. The Labute approximate surface area is 254 Å². The molecule has 0 saturated carbocycles. The number of methoxy groups -OCH3 is 1. The summed E-state index contributed by atoms with van der Waals surface area (Å²) >= 11 is 2.72. The molecule has 0 saturated heterocycles. The average Bonchev–Trinajstić information content (AvgIpc) is 3.63. The van der Waals surface area contributed by atoms with E-state index in [0.717, 1.165) is 21.2 Å². The molecule has 3 heterocycles. The number of anilines is 1. The van der Waals surface area contributed by atoms with Gasteiger partial charge in [0.25, 0.3) is 11.1 Å². The number of thiazole rings is 1. The first-order valence-electron chi connectivity index (χ1n) is 13.6. The van der Waals surface area contributed by atoms with Gasteiger partial charge in [-0.25, -0.2) is 9.48 Å². The van der Waals surface area contributed by atoms with Crippen molar-refractivity contribution in [3.8, 4) is 11.4 Å². The summed E-state index contributed by atoms with van der Waals surface area (Å²) in [6.07, 6.45) is 1.27. The third-order valence-electron chi connectivity index (χ3n) is 7.00. The molecule has 0 radical (unpaired) electrons. The number of hydrogen-bond acceptors (Lipinski definition) is 8. The van der Waals surface area contributed by atoms with Crippen molar-refractivity contribution in [2.45, 2.75) is 18.4 Å². The van der Waals surface area contributed by atoms with Crippen molar-refractivity contribution >= 4 is 45.9 Å². The molecule has 0 unspecified atom stereocenters. The molecule has 1 aliphatic rings. The molecule has 0 atom stereocenters. The fourth-order valence-corrected chi connectivity index (χ4v) is 7.40. The first-order valence-corrected chi connectivity index (χ1v) is 15.2. The number of esters is 1. The van der Waals surface area contributed by atoms with Crippen LogP contribution in [0.2, 0.25) is 0 Å². The van der Waals surface area contributed by atoms with Crippen molar-refractivity contribution in [2.75, 3.05) is 25.7 Å². The lowest BCUT2D eigenvalue weighted by molar-refractivity contribution is -0.135. The normalized spacial score (nSPS) is 15.0. The third-order valence-corrected chi connectivity index (χ3v) is 9.55. The van der Waals surface area contributed by atoms with Crippen LogP contribution >= 0.6 is 23.1 Å². The Balaban J connectivity index is 1.73. The van der Waals surface area contributed by atoms with Crippen LogP contribution in [-0.4, -0.2) is 41.1 Å². The molecule has 11 heteroatoms. The number of nitrogens with one attached hydrogen (secondary N) is 1. The second kappa shape index (κ2) is 11.9. The van der Waals surface area contributed by atoms with Crippen molar-refractivity contribution in [2.24, 2.45) is 0 Å². The molecule has 9 nitrogen and oxygen atoms in total. The van der Waals surface area contributed by atoms with Gasteiger partial charge in [-0.1, -0.05) is 60.3 Å². The first kappa shape index (κ1) is 28.4. The summed E-state index contributed by atoms with van der Waals surface area (Å²) in [4.78, 5) is 44.0. The predicted octanol–water partition coefficient (Wildman–Crippen LogP) is 3.38. The van der Waals surface area contributed by atoms with Crippen LogP contribution in [0, 0.1) is 9.88 Å². The van der Waals surface area contributed by atoms with E-state index in [9.17, 15) is 14.4 Å². The molecule has 0 amide bonds. The molecule has 1 N–H and O–H groups in total. The van der Waals surface area contributed by atoms with E-state index < -0.39 is 5.97 Å². The highest BCUT2D eigenvalue weighted by Gasteiger charge is 2.26. The number of thioether (sulfide) groups is 1. The van der Waals surface area contributed by atoms with E-state index in [1.807, 2.05) is 78.7 Å². The minimum absolute atomic E-state index is 0.184. The Hall–Kier alpha value is -4.74. The summed E-state index contributed by atoms with van der Waals surface area (Å²) < 4.78 is 14.5. The van der Waals surface area contributed by atoms with E-state index in [1.165, 1.54) is 33.9 Å². The quantitative estimate of drug-likeness (QED) is 0.294. The molecule has 43 heavy (non-hydrogen) atoms. The fraction of sp³-hybridized carbons (Fsp3) is 0.156. The number of fused-ring (bicyclic) bond motifs is 1. The zero-order chi connectivity index (χ0) is 30.1. The Morgan fingerprint density at radius 2 is 1.70 bits per heavy atom. The van der Waals surface area contributed by atoms with Crippen molar-refractivity contribution in [1.82, 2.24) is 14.3 Å². The maximum Gasteiger partial charge on any atom is 0.332 e. The highest BCUT2D eigenvalue weighted by Crippen LogP contribution is 2.46. The van der Waals surface area contributed by atoms with E-state index in [2.05, 4.69) is 5.10 Å². The number of rotatable bonds is 6. The average molecular weight is 613 g/mol. The molecule has 0 bridgehead atoms. The van der Waals surface area contributed by atoms with E-state index in [4.69, 9.17) is 9.47 Å². The number of benzene rings is 3. The van der Waals surface area contributed by atoms with Gasteiger partial charge >= 0.3 is 5.97 Å². The van der Waals surface area contributed by atoms with Gasteiger partial charge in [0, 0.05) is 24.1 Å². The van der Waals surface area contributed by atoms with Crippen molar-refractivity contribution < 1.29 is 14.3 Å². The van der Waals surface area contributed by atoms with Gasteiger partial charge in [-0.05, 0) is 36.8 Å². The van der Waals surface area contributed by atoms with E-state index in [-0.39, 0.29) is 34.8 Å². The van der Waals surface area contributed by atoms with Crippen LogP contribution in [0.4, 0.5) is 5.69 Å². The third kappa shape index (κ3) is 5.33. The lowest BCUT2D eigenvalue weighted by atomic mass is 10.2. The van der Waals surface area contributed by atoms with Gasteiger partial charge in [-0.3, -0.25) is 19.3 Å². The SMILES string of the molecule is CCOC(=O)C=c1[nH]n(-c2ccccc2)c(=O)c1=c1sc(=C2Sc3ccc(OC)cc3N2C)c(=O)n1Cc1ccccc1. The van der Waals surface area contributed by atoms with Crippen LogP contribution in [0.15, 0.2) is 93.3 Å². The van der Waals surface area contributed by atoms with Crippen LogP contribution in [-0.2, 0) is 16.1 Å². The molecular formula is C32H28N4O5S2. The Kier molecular flexibility index (Phi) is 7.83. The minimum atomic E-state index is -0.594. The number of nitrogens with zero attached hydrogens (tertiary/aromatic N) is 3. The second-order valence-electron chi connectivity index (χ2n) is 9.69. The standard InChI is InChI=1S/C32H28N4O5S2/c1-4-41-26(37)18-23-27(29(38)36(33-23)21-13-9-6-10-14-21)31-35(19-20-11-7-5-8-12-20)30(39)28(43-31)32-34(2)24-17-22(40-3)15-16-25(24)42-32/h5-18,33H,4,19H2,1-3H3. The Morgan fingerprint density at radius 1 is 0.977 bits per heavy atom. The second-order valence-corrected chi connectivity index (χ2v) is 11.7. The summed E-state index contributed by atoms with van der Waals surface area (Å²) in [7, 11) is 3.53. The van der Waals surface area contributed by atoms with Crippen molar-refractivity contribution in [3.05, 3.63) is 125 Å². The van der Waals surface area contributed by atoms with Gasteiger partial charge in [0.05, 0.1) is 37.0 Å². The molecule has 5 aromatic rings. The molecule has 0 spiro atoms.